The van der Waals surface area contributed by atoms with Gasteiger partial charge in [-0.25, -0.2) is 4.98 Å². The van der Waals surface area contributed by atoms with Crippen LogP contribution in [-0.4, -0.2) is 33.9 Å². The van der Waals surface area contributed by atoms with Crippen molar-refractivity contribution in [3.05, 3.63) is 18.2 Å². The van der Waals surface area contributed by atoms with E-state index in [0.717, 1.165) is 31.8 Å². The first kappa shape index (κ1) is 13.6. The van der Waals surface area contributed by atoms with Crippen LogP contribution in [-0.2, 0) is 6.54 Å². The van der Waals surface area contributed by atoms with Gasteiger partial charge in [0.15, 0.2) is 0 Å². The van der Waals surface area contributed by atoms with E-state index in [2.05, 4.69) is 21.8 Å². The van der Waals surface area contributed by atoms with Crippen LogP contribution in [0.1, 0.15) is 38.4 Å². The number of aryl methyl sites for hydroxylation is 1. The molecule has 4 heteroatoms. The number of rotatable bonds is 6. The van der Waals surface area contributed by atoms with Crippen LogP contribution in [0.2, 0.25) is 0 Å². The molecule has 18 heavy (non-hydrogen) atoms. The van der Waals surface area contributed by atoms with E-state index in [9.17, 15) is 5.11 Å². The molecular weight excluding hydrogens is 226 g/mol. The van der Waals surface area contributed by atoms with E-state index in [1.165, 1.54) is 12.8 Å². The van der Waals surface area contributed by atoms with Gasteiger partial charge >= 0.3 is 0 Å². The monoisotopic (exact) mass is 251 g/mol. The van der Waals surface area contributed by atoms with Gasteiger partial charge in [0.1, 0.15) is 5.82 Å². The number of hydrogen-bond acceptors (Lipinski definition) is 3. The van der Waals surface area contributed by atoms with Gasteiger partial charge in [0.05, 0.1) is 0 Å². The Morgan fingerprint density at radius 2 is 2.22 bits per heavy atom. The summed E-state index contributed by atoms with van der Waals surface area (Å²) in [5.41, 5.74) is 0.137. The minimum atomic E-state index is 0.137. The van der Waals surface area contributed by atoms with Gasteiger partial charge in [-0.2, -0.15) is 0 Å². The molecule has 1 heterocycles. The predicted octanol–water partition coefficient (Wildman–Crippen LogP) is 1.72. The first-order valence-corrected chi connectivity index (χ1v) is 6.97. The van der Waals surface area contributed by atoms with Crippen LogP contribution in [0.25, 0.3) is 0 Å². The van der Waals surface area contributed by atoms with Crippen molar-refractivity contribution < 1.29 is 5.11 Å². The Morgan fingerprint density at radius 1 is 1.50 bits per heavy atom. The molecule has 0 radical (unpaired) electrons. The molecular formula is C14H25N3O. The van der Waals surface area contributed by atoms with E-state index in [-0.39, 0.29) is 5.41 Å². The normalized spacial score (nSPS) is 20.2. The van der Waals surface area contributed by atoms with E-state index < -0.39 is 0 Å². The largest absolute Gasteiger partial charge is 0.396 e. The quantitative estimate of drug-likeness (QED) is 0.809. The van der Waals surface area contributed by atoms with Crippen LogP contribution in [0.4, 0.5) is 0 Å². The van der Waals surface area contributed by atoms with Gasteiger partial charge in [-0.1, -0.05) is 12.8 Å². The molecule has 0 bridgehead atoms. The second-order valence-electron chi connectivity index (χ2n) is 5.77. The molecule has 1 atom stereocenters. The molecule has 2 rings (SSSR count). The lowest BCUT2D eigenvalue weighted by molar-refractivity contribution is 0.124. The second kappa shape index (κ2) is 5.85. The third-order valence-electron chi connectivity index (χ3n) is 4.22. The lowest BCUT2D eigenvalue weighted by Crippen LogP contribution is -2.41. The molecule has 1 aliphatic rings. The Labute approximate surface area is 109 Å². The summed E-state index contributed by atoms with van der Waals surface area (Å²) in [5, 5.41) is 13.1. The highest BCUT2D eigenvalue weighted by Crippen LogP contribution is 2.36. The minimum Gasteiger partial charge on any atom is -0.396 e. The third kappa shape index (κ3) is 3.12. The van der Waals surface area contributed by atoms with E-state index in [1.807, 2.05) is 19.3 Å². The van der Waals surface area contributed by atoms with Crippen molar-refractivity contribution in [1.82, 2.24) is 14.9 Å². The van der Waals surface area contributed by atoms with Gasteiger partial charge in [-0.05, 0) is 26.7 Å². The Balaban J connectivity index is 1.81. The molecule has 2 N–H and O–H groups in total. The number of imidazole rings is 1. The van der Waals surface area contributed by atoms with Crippen molar-refractivity contribution in [2.75, 3.05) is 13.2 Å². The molecule has 4 nitrogen and oxygen atoms in total. The molecule has 102 valence electrons. The van der Waals surface area contributed by atoms with Crippen molar-refractivity contribution in [2.45, 2.75) is 52.1 Å². The molecule has 1 aromatic rings. The van der Waals surface area contributed by atoms with E-state index in [0.29, 0.717) is 12.6 Å². The fourth-order valence-corrected chi connectivity index (χ4v) is 2.86. The van der Waals surface area contributed by atoms with Gasteiger partial charge in [0, 0.05) is 43.5 Å². The van der Waals surface area contributed by atoms with Gasteiger partial charge < -0.3 is 15.0 Å². The van der Waals surface area contributed by atoms with Crippen LogP contribution < -0.4 is 5.32 Å². The number of aliphatic hydroxyl groups is 1. The lowest BCUT2D eigenvalue weighted by Gasteiger charge is -2.29. The topological polar surface area (TPSA) is 50.1 Å². The zero-order valence-corrected chi connectivity index (χ0v) is 11.5. The number of nitrogens with zero attached hydrogens (tertiary/aromatic N) is 2. The van der Waals surface area contributed by atoms with Crippen LogP contribution in [0.3, 0.4) is 0 Å². The fourth-order valence-electron chi connectivity index (χ4n) is 2.86. The summed E-state index contributed by atoms with van der Waals surface area (Å²) >= 11 is 0. The molecule has 1 aliphatic carbocycles. The number of nitrogens with one attached hydrogen (secondary N) is 1. The highest BCUT2D eigenvalue weighted by atomic mass is 16.3. The zero-order valence-electron chi connectivity index (χ0n) is 11.5. The van der Waals surface area contributed by atoms with Gasteiger partial charge in [0.25, 0.3) is 0 Å². The third-order valence-corrected chi connectivity index (χ3v) is 4.22. The highest BCUT2D eigenvalue weighted by molar-refractivity contribution is 4.90. The molecule has 0 saturated heterocycles. The van der Waals surface area contributed by atoms with Crippen LogP contribution >= 0.6 is 0 Å². The maximum absolute atomic E-state index is 9.58. The molecule has 1 saturated carbocycles. The Bertz CT molecular complexity index is 369. The van der Waals surface area contributed by atoms with E-state index >= 15 is 0 Å². The lowest BCUT2D eigenvalue weighted by atomic mass is 9.87. The smallest absolute Gasteiger partial charge is 0.105 e. The number of aliphatic hydroxyl groups excluding tert-OH is 1. The zero-order chi connectivity index (χ0) is 13.0. The molecule has 0 aromatic carbocycles. The molecule has 0 aliphatic heterocycles. The number of aromatic nitrogens is 2. The van der Waals surface area contributed by atoms with Crippen molar-refractivity contribution in [1.29, 1.82) is 0 Å². The maximum Gasteiger partial charge on any atom is 0.105 e. The van der Waals surface area contributed by atoms with Crippen molar-refractivity contribution in [3.8, 4) is 0 Å². The van der Waals surface area contributed by atoms with Crippen LogP contribution in [0, 0.1) is 12.3 Å². The Hall–Kier alpha value is -0.870. The van der Waals surface area contributed by atoms with Gasteiger partial charge in [-0.3, -0.25) is 0 Å². The summed E-state index contributed by atoms with van der Waals surface area (Å²) < 4.78 is 2.16. The first-order valence-electron chi connectivity index (χ1n) is 6.97. The standard InChI is InChI=1S/C14H25N3O/c1-12(9-17-8-7-15-13(17)2)16-10-14(11-18)5-3-4-6-14/h7-8,12,16,18H,3-6,9-11H2,1-2H3/t12-/m1/s1. The van der Waals surface area contributed by atoms with Crippen molar-refractivity contribution >= 4 is 0 Å². The van der Waals surface area contributed by atoms with Crippen LogP contribution in [0.15, 0.2) is 12.4 Å². The maximum atomic E-state index is 9.58. The summed E-state index contributed by atoms with van der Waals surface area (Å²) in [5.74, 6) is 1.06. The predicted molar refractivity (Wildman–Crippen MR) is 72.4 cm³/mol. The minimum absolute atomic E-state index is 0.137. The fraction of sp³-hybridized carbons (Fsp3) is 0.786. The second-order valence-corrected chi connectivity index (χ2v) is 5.77. The summed E-state index contributed by atoms with van der Waals surface area (Å²) in [6.07, 6.45) is 8.70. The van der Waals surface area contributed by atoms with Gasteiger partial charge in [0.2, 0.25) is 0 Å². The Kier molecular flexibility index (Phi) is 4.40. The highest BCUT2D eigenvalue weighted by Gasteiger charge is 2.33. The van der Waals surface area contributed by atoms with Crippen molar-refractivity contribution in [3.63, 3.8) is 0 Å². The van der Waals surface area contributed by atoms with Crippen molar-refractivity contribution in [2.24, 2.45) is 5.41 Å². The van der Waals surface area contributed by atoms with E-state index in [4.69, 9.17) is 0 Å². The van der Waals surface area contributed by atoms with E-state index in [1.54, 1.807) is 0 Å². The summed E-state index contributed by atoms with van der Waals surface area (Å²) in [6, 6.07) is 0.405. The van der Waals surface area contributed by atoms with Crippen LogP contribution in [0.5, 0.6) is 0 Å². The Morgan fingerprint density at radius 3 is 2.78 bits per heavy atom. The molecule has 0 amide bonds. The first-order chi connectivity index (χ1) is 8.65. The number of hydrogen-bond donors (Lipinski definition) is 2. The molecule has 0 spiro atoms. The summed E-state index contributed by atoms with van der Waals surface area (Å²) in [6.45, 7) is 6.40. The average Bonchev–Trinajstić information content (AvgIpc) is 2.98. The molecule has 0 unspecified atom stereocenters. The molecule has 1 aromatic heterocycles. The SMILES string of the molecule is Cc1nccn1C[C@@H](C)NCC1(CO)CCCC1. The summed E-state index contributed by atoms with van der Waals surface area (Å²) in [7, 11) is 0. The average molecular weight is 251 g/mol. The van der Waals surface area contributed by atoms with Gasteiger partial charge in [-0.15, -0.1) is 0 Å². The molecule has 1 fully saturated rings. The summed E-state index contributed by atoms with van der Waals surface area (Å²) in [4.78, 5) is 4.23.